The summed E-state index contributed by atoms with van der Waals surface area (Å²) in [6.45, 7) is 3.80. The molecule has 3 heteroatoms. The fraction of sp³-hybridized carbons (Fsp3) is 0.889. The van der Waals surface area contributed by atoms with Crippen molar-refractivity contribution in [2.45, 2.75) is 51.1 Å². The largest absolute Gasteiger partial charge is 0.390 e. The number of hydrogen-bond acceptors (Lipinski definition) is 2. The summed E-state index contributed by atoms with van der Waals surface area (Å²) in [5, 5.41) is 8.98. The van der Waals surface area contributed by atoms with Crippen LogP contribution in [0.3, 0.4) is 0 Å². The molecule has 0 saturated carbocycles. The molecule has 0 saturated heterocycles. The summed E-state index contributed by atoms with van der Waals surface area (Å²) in [7, 11) is 0. The standard InChI is InChI=1S/C9H18ClNO/c1-3-4-5-6-7-11-9(10)8(2)12/h7-9,12H,3-6H2,1-2H3. The Kier molecular flexibility index (Phi) is 7.51. The van der Waals surface area contributed by atoms with Crippen LogP contribution < -0.4 is 0 Å². The average Bonchev–Trinajstić information content (AvgIpc) is 2.03. The first kappa shape index (κ1) is 11.9. The van der Waals surface area contributed by atoms with Gasteiger partial charge in [-0.3, -0.25) is 4.99 Å². The van der Waals surface area contributed by atoms with Crippen LogP contribution >= 0.6 is 11.6 Å². The second kappa shape index (κ2) is 7.56. The van der Waals surface area contributed by atoms with Gasteiger partial charge in [0.15, 0.2) is 0 Å². The fourth-order valence-corrected chi connectivity index (χ4v) is 0.865. The number of rotatable bonds is 6. The Bertz CT molecular complexity index is 126. The summed E-state index contributed by atoms with van der Waals surface area (Å²) < 4.78 is 0. The maximum absolute atomic E-state index is 8.98. The Balaban J connectivity index is 3.35. The first-order chi connectivity index (χ1) is 5.68. The van der Waals surface area contributed by atoms with E-state index >= 15 is 0 Å². The van der Waals surface area contributed by atoms with Crippen LogP contribution in [-0.2, 0) is 0 Å². The maximum atomic E-state index is 8.98. The Labute approximate surface area is 79.7 Å². The van der Waals surface area contributed by atoms with Gasteiger partial charge in [0.2, 0.25) is 0 Å². The van der Waals surface area contributed by atoms with Crippen LogP contribution in [0, 0.1) is 0 Å². The molecule has 0 aromatic carbocycles. The second-order valence-electron chi connectivity index (χ2n) is 2.94. The van der Waals surface area contributed by atoms with Gasteiger partial charge in [0.25, 0.3) is 0 Å². The van der Waals surface area contributed by atoms with Crippen molar-refractivity contribution in [2.24, 2.45) is 4.99 Å². The lowest BCUT2D eigenvalue weighted by Gasteiger charge is -2.05. The minimum atomic E-state index is -0.561. The van der Waals surface area contributed by atoms with Crippen molar-refractivity contribution < 1.29 is 5.11 Å². The minimum Gasteiger partial charge on any atom is -0.390 e. The highest BCUT2D eigenvalue weighted by Crippen LogP contribution is 2.04. The number of halogens is 1. The monoisotopic (exact) mass is 191 g/mol. The summed E-state index contributed by atoms with van der Waals surface area (Å²) in [5.41, 5.74) is -0.480. The lowest BCUT2D eigenvalue weighted by molar-refractivity contribution is 0.191. The van der Waals surface area contributed by atoms with Crippen LogP contribution in [0.15, 0.2) is 4.99 Å². The molecule has 1 N–H and O–H groups in total. The van der Waals surface area contributed by atoms with E-state index in [2.05, 4.69) is 11.9 Å². The van der Waals surface area contributed by atoms with Crippen molar-refractivity contribution in [1.82, 2.24) is 0 Å². The van der Waals surface area contributed by atoms with Gasteiger partial charge in [-0.2, -0.15) is 0 Å². The Morgan fingerprint density at radius 3 is 2.67 bits per heavy atom. The van der Waals surface area contributed by atoms with Crippen LogP contribution in [0.25, 0.3) is 0 Å². The number of aliphatic hydroxyl groups is 1. The molecule has 0 amide bonds. The number of hydrogen-bond donors (Lipinski definition) is 1. The quantitative estimate of drug-likeness (QED) is 0.298. The van der Waals surface area contributed by atoms with Crippen LogP contribution in [-0.4, -0.2) is 22.9 Å². The zero-order valence-electron chi connectivity index (χ0n) is 7.83. The van der Waals surface area contributed by atoms with Crippen LogP contribution in [0.5, 0.6) is 0 Å². The van der Waals surface area contributed by atoms with E-state index in [0.717, 1.165) is 12.8 Å². The molecule has 0 aliphatic rings. The van der Waals surface area contributed by atoms with Crippen molar-refractivity contribution in [3.63, 3.8) is 0 Å². The van der Waals surface area contributed by atoms with Crippen molar-refractivity contribution in [2.75, 3.05) is 0 Å². The average molecular weight is 192 g/mol. The maximum Gasteiger partial charge on any atom is 0.148 e. The number of aliphatic hydroxyl groups excluding tert-OH is 1. The van der Waals surface area contributed by atoms with Gasteiger partial charge in [0.05, 0.1) is 6.10 Å². The van der Waals surface area contributed by atoms with E-state index in [1.165, 1.54) is 12.8 Å². The van der Waals surface area contributed by atoms with E-state index in [9.17, 15) is 0 Å². The van der Waals surface area contributed by atoms with E-state index in [-0.39, 0.29) is 0 Å². The molecule has 2 unspecified atom stereocenters. The molecule has 12 heavy (non-hydrogen) atoms. The van der Waals surface area contributed by atoms with Gasteiger partial charge in [-0.25, -0.2) is 0 Å². The van der Waals surface area contributed by atoms with Crippen molar-refractivity contribution in [3.8, 4) is 0 Å². The summed E-state index contributed by atoms with van der Waals surface area (Å²) >= 11 is 5.68. The number of unbranched alkanes of at least 4 members (excludes halogenated alkanes) is 3. The third-order valence-corrected chi connectivity index (χ3v) is 2.06. The molecule has 0 rings (SSSR count). The SMILES string of the molecule is CCCCCC=NC(Cl)C(C)O. The van der Waals surface area contributed by atoms with Gasteiger partial charge in [0, 0.05) is 6.21 Å². The molecule has 2 atom stereocenters. The number of nitrogens with zero attached hydrogens (tertiary/aromatic N) is 1. The lowest BCUT2D eigenvalue weighted by Crippen LogP contribution is -2.13. The predicted molar refractivity (Wildman–Crippen MR) is 54.0 cm³/mol. The van der Waals surface area contributed by atoms with Crippen LogP contribution in [0.4, 0.5) is 0 Å². The smallest absolute Gasteiger partial charge is 0.148 e. The minimum absolute atomic E-state index is 0.480. The van der Waals surface area contributed by atoms with Gasteiger partial charge in [-0.05, 0) is 19.8 Å². The number of alkyl halides is 1. The topological polar surface area (TPSA) is 32.6 Å². The molecule has 0 spiro atoms. The van der Waals surface area contributed by atoms with Gasteiger partial charge >= 0.3 is 0 Å². The van der Waals surface area contributed by atoms with Crippen molar-refractivity contribution >= 4 is 17.8 Å². The van der Waals surface area contributed by atoms with Gasteiger partial charge in [-0.15, -0.1) is 0 Å². The predicted octanol–water partition coefficient (Wildman–Crippen LogP) is 2.58. The molecular formula is C9H18ClNO. The summed E-state index contributed by atoms with van der Waals surface area (Å²) in [6.07, 6.45) is 5.81. The highest BCUT2D eigenvalue weighted by Gasteiger charge is 2.06. The van der Waals surface area contributed by atoms with Crippen molar-refractivity contribution in [1.29, 1.82) is 0 Å². The molecule has 72 valence electrons. The van der Waals surface area contributed by atoms with E-state index < -0.39 is 11.6 Å². The third kappa shape index (κ3) is 6.62. The third-order valence-electron chi connectivity index (χ3n) is 1.58. The van der Waals surface area contributed by atoms with E-state index in [1.807, 2.05) is 0 Å². The first-order valence-electron chi connectivity index (χ1n) is 4.52. The second-order valence-corrected chi connectivity index (χ2v) is 3.39. The highest BCUT2D eigenvalue weighted by molar-refractivity contribution is 6.21. The summed E-state index contributed by atoms with van der Waals surface area (Å²) in [5.74, 6) is 0. The van der Waals surface area contributed by atoms with Crippen LogP contribution in [0.2, 0.25) is 0 Å². The summed E-state index contributed by atoms with van der Waals surface area (Å²) in [6, 6.07) is 0. The zero-order chi connectivity index (χ0) is 9.40. The van der Waals surface area contributed by atoms with Gasteiger partial charge in [0.1, 0.15) is 5.50 Å². The Hall–Kier alpha value is -0.0800. The Morgan fingerprint density at radius 1 is 1.50 bits per heavy atom. The van der Waals surface area contributed by atoms with Gasteiger partial charge < -0.3 is 5.11 Å². The van der Waals surface area contributed by atoms with E-state index in [1.54, 1.807) is 13.1 Å². The van der Waals surface area contributed by atoms with E-state index in [0.29, 0.717) is 0 Å². The van der Waals surface area contributed by atoms with Crippen LogP contribution in [0.1, 0.15) is 39.5 Å². The molecule has 0 fully saturated rings. The normalized spacial score (nSPS) is 16.7. The molecule has 0 aromatic heterocycles. The fourth-order valence-electron chi connectivity index (χ4n) is 0.785. The molecule has 0 radical (unpaired) electrons. The molecule has 0 heterocycles. The van der Waals surface area contributed by atoms with E-state index in [4.69, 9.17) is 16.7 Å². The lowest BCUT2D eigenvalue weighted by atomic mass is 10.2. The van der Waals surface area contributed by atoms with Crippen molar-refractivity contribution in [3.05, 3.63) is 0 Å². The molecule has 0 bridgehead atoms. The molecule has 0 aliphatic heterocycles. The number of aliphatic imine (C=N–C) groups is 1. The molecule has 0 aliphatic carbocycles. The summed E-state index contributed by atoms with van der Waals surface area (Å²) in [4.78, 5) is 3.99. The first-order valence-corrected chi connectivity index (χ1v) is 4.96. The molecular weight excluding hydrogens is 174 g/mol. The molecule has 2 nitrogen and oxygen atoms in total. The van der Waals surface area contributed by atoms with Gasteiger partial charge in [-0.1, -0.05) is 31.4 Å². The highest BCUT2D eigenvalue weighted by atomic mass is 35.5. The Morgan fingerprint density at radius 2 is 2.17 bits per heavy atom. The zero-order valence-corrected chi connectivity index (χ0v) is 8.59. The molecule has 0 aromatic rings.